The summed E-state index contributed by atoms with van der Waals surface area (Å²) in [7, 11) is 0. The Balaban J connectivity index is 1.77. The van der Waals surface area contributed by atoms with Crippen molar-refractivity contribution in [1.82, 2.24) is 4.98 Å². The number of carbonyl (C=O) groups is 2. The van der Waals surface area contributed by atoms with Crippen molar-refractivity contribution in [2.75, 3.05) is 10.6 Å². The lowest BCUT2D eigenvalue weighted by atomic mass is 10.2. The molecule has 0 aliphatic heterocycles. The zero-order chi connectivity index (χ0) is 19.1. The summed E-state index contributed by atoms with van der Waals surface area (Å²) in [6.07, 6.45) is 2.06. The standard InChI is InChI=1S/C21H19N3O2S/c1-2-19(25)23-15-8-6-9-16(14-15)24-20(26)18-12-7-13-22-21(18)27-17-10-4-3-5-11-17/h3-14H,2H2,1H3,(H,23,25)(H,24,26). The Morgan fingerprint density at radius 1 is 0.926 bits per heavy atom. The predicted molar refractivity (Wildman–Crippen MR) is 108 cm³/mol. The number of nitrogens with one attached hydrogen (secondary N) is 2. The lowest BCUT2D eigenvalue weighted by molar-refractivity contribution is -0.115. The molecule has 0 saturated heterocycles. The van der Waals surface area contributed by atoms with Gasteiger partial charge in [0.05, 0.1) is 5.56 Å². The molecule has 0 fully saturated rings. The second-order valence-electron chi connectivity index (χ2n) is 5.71. The molecule has 27 heavy (non-hydrogen) atoms. The van der Waals surface area contributed by atoms with Crippen molar-refractivity contribution >= 4 is 35.0 Å². The van der Waals surface area contributed by atoms with Crippen LogP contribution >= 0.6 is 11.8 Å². The van der Waals surface area contributed by atoms with Crippen molar-refractivity contribution in [3.8, 4) is 0 Å². The van der Waals surface area contributed by atoms with Crippen LogP contribution in [0.3, 0.4) is 0 Å². The Labute approximate surface area is 162 Å². The summed E-state index contributed by atoms with van der Waals surface area (Å²) in [5.41, 5.74) is 1.74. The molecule has 0 spiro atoms. The highest BCUT2D eigenvalue weighted by molar-refractivity contribution is 7.99. The van der Waals surface area contributed by atoms with Gasteiger partial charge in [0.25, 0.3) is 5.91 Å². The Kier molecular flexibility index (Phi) is 6.22. The van der Waals surface area contributed by atoms with Crippen molar-refractivity contribution in [3.05, 3.63) is 78.5 Å². The van der Waals surface area contributed by atoms with E-state index < -0.39 is 0 Å². The highest BCUT2D eigenvalue weighted by atomic mass is 32.2. The number of rotatable bonds is 6. The van der Waals surface area contributed by atoms with E-state index in [1.54, 1.807) is 49.5 Å². The summed E-state index contributed by atoms with van der Waals surface area (Å²) in [6.45, 7) is 1.79. The van der Waals surface area contributed by atoms with Gasteiger partial charge in [-0.15, -0.1) is 0 Å². The van der Waals surface area contributed by atoms with Gasteiger partial charge < -0.3 is 10.6 Å². The van der Waals surface area contributed by atoms with E-state index >= 15 is 0 Å². The van der Waals surface area contributed by atoms with Gasteiger partial charge in [0.1, 0.15) is 5.03 Å². The molecule has 0 atom stereocenters. The summed E-state index contributed by atoms with van der Waals surface area (Å²) in [5, 5.41) is 6.29. The van der Waals surface area contributed by atoms with Crippen LogP contribution in [0.2, 0.25) is 0 Å². The lowest BCUT2D eigenvalue weighted by Gasteiger charge is -2.10. The third kappa shape index (κ3) is 5.18. The lowest BCUT2D eigenvalue weighted by Crippen LogP contribution is -2.14. The molecule has 0 saturated carbocycles. The van der Waals surface area contributed by atoms with Crippen LogP contribution in [0.15, 0.2) is 82.8 Å². The zero-order valence-electron chi connectivity index (χ0n) is 14.8. The number of pyridine rings is 1. The number of hydrogen-bond acceptors (Lipinski definition) is 4. The first kappa shape index (κ1) is 18.7. The quantitative estimate of drug-likeness (QED) is 0.645. The minimum atomic E-state index is -0.250. The number of anilines is 2. The highest BCUT2D eigenvalue weighted by Crippen LogP contribution is 2.29. The molecule has 2 aromatic carbocycles. The van der Waals surface area contributed by atoms with Gasteiger partial charge in [-0.25, -0.2) is 4.98 Å². The van der Waals surface area contributed by atoms with E-state index in [2.05, 4.69) is 15.6 Å². The topological polar surface area (TPSA) is 71.1 Å². The van der Waals surface area contributed by atoms with Crippen LogP contribution < -0.4 is 10.6 Å². The van der Waals surface area contributed by atoms with Gasteiger partial charge >= 0.3 is 0 Å². The molecule has 1 aromatic heterocycles. The summed E-state index contributed by atoms with van der Waals surface area (Å²) in [4.78, 5) is 29.7. The van der Waals surface area contributed by atoms with Crippen LogP contribution in [-0.2, 0) is 4.79 Å². The summed E-state index contributed by atoms with van der Waals surface area (Å²) in [6, 6.07) is 20.3. The van der Waals surface area contributed by atoms with Crippen molar-refractivity contribution in [3.63, 3.8) is 0 Å². The van der Waals surface area contributed by atoms with Crippen molar-refractivity contribution in [2.45, 2.75) is 23.3 Å². The number of hydrogen-bond donors (Lipinski definition) is 2. The maximum Gasteiger partial charge on any atom is 0.258 e. The minimum Gasteiger partial charge on any atom is -0.326 e. The van der Waals surface area contributed by atoms with E-state index in [1.807, 2.05) is 30.3 Å². The largest absolute Gasteiger partial charge is 0.326 e. The van der Waals surface area contributed by atoms with Crippen molar-refractivity contribution in [2.24, 2.45) is 0 Å². The SMILES string of the molecule is CCC(=O)Nc1cccc(NC(=O)c2cccnc2Sc2ccccc2)c1. The average molecular weight is 377 g/mol. The van der Waals surface area contributed by atoms with E-state index in [9.17, 15) is 9.59 Å². The third-order valence-corrected chi connectivity index (χ3v) is 4.73. The Bertz CT molecular complexity index is 945. The Morgan fingerprint density at radius 3 is 2.41 bits per heavy atom. The number of carbonyl (C=O) groups excluding carboxylic acids is 2. The molecule has 5 nitrogen and oxygen atoms in total. The van der Waals surface area contributed by atoms with Gasteiger partial charge in [0.2, 0.25) is 5.91 Å². The van der Waals surface area contributed by atoms with Gasteiger partial charge in [-0.05, 0) is 42.5 Å². The summed E-state index contributed by atoms with van der Waals surface area (Å²) < 4.78 is 0. The molecule has 3 rings (SSSR count). The predicted octanol–water partition coefficient (Wildman–Crippen LogP) is 4.83. The summed E-state index contributed by atoms with van der Waals surface area (Å²) in [5.74, 6) is -0.326. The van der Waals surface area contributed by atoms with Crippen LogP contribution in [-0.4, -0.2) is 16.8 Å². The minimum absolute atomic E-state index is 0.0766. The van der Waals surface area contributed by atoms with E-state index in [0.29, 0.717) is 28.4 Å². The normalized spacial score (nSPS) is 10.3. The average Bonchev–Trinajstić information content (AvgIpc) is 2.69. The fourth-order valence-electron chi connectivity index (χ4n) is 2.37. The van der Waals surface area contributed by atoms with Crippen LogP contribution in [0.25, 0.3) is 0 Å². The van der Waals surface area contributed by atoms with E-state index in [1.165, 1.54) is 11.8 Å². The van der Waals surface area contributed by atoms with Gasteiger partial charge in [-0.2, -0.15) is 0 Å². The Morgan fingerprint density at radius 2 is 1.67 bits per heavy atom. The molecule has 6 heteroatoms. The van der Waals surface area contributed by atoms with Gasteiger partial charge in [-0.1, -0.05) is 43.0 Å². The number of nitrogens with zero attached hydrogens (tertiary/aromatic N) is 1. The molecule has 2 N–H and O–H groups in total. The molecule has 2 amide bonds. The molecular weight excluding hydrogens is 358 g/mol. The van der Waals surface area contributed by atoms with Crippen LogP contribution in [0.5, 0.6) is 0 Å². The number of aromatic nitrogens is 1. The molecular formula is C21H19N3O2S. The van der Waals surface area contributed by atoms with Crippen molar-refractivity contribution < 1.29 is 9.59 Å². The van der Waals surface area contributed by atoms with Crippen LogP contribution in [0.4, 0.5) is 11.4 Å². The molecule has 1 heterocycles. The van der Waals surface area contributed by atoms with Gasteiger partial charge in [0.15, 0.2) is 0 Å². The smallest absolute Gasteiger partial charge is 0.258 e. The second kappa shape index (κ2) is 9.00. The van der Waals surface area contributed by atoms with Crippen molar-refractivity contribution in [1.29, 1.82) is 0 Å². The summed E-state index contributed by atoms with van der Waals surface area (Å²) >= 11 is 1.44. The molecule has 0 aliphatic carbocycles. The monoisotopic (exact) mass is 377 g/mol. The molecule has 3 aromatic rings. The fraction of sp³-hybridized carbons (Fsp3) is 0.0952. The Hall–Kier alpha value is -3.12. The van der Waals surface area contributed by atoms with E-state index in [-0.39, 0.29) is 11.8 Å². The van der Waals surface area contributed by atoms with Crippen LogP contribution in [0.1, 0.15) is 23.7 Å². The molecule has 0 radical (unpaired) electrons. The maximum atomic E-state index is 12.8. The molecule has 0 aliphatic rings. The fourth-order valence-corrected chi connectivity index (χ4v) is 3.27. The van der Waals surface area contributed by atoms with Crippen LogP contribution in [0, 0.1) is 0 Å². The zero-order valence-corrected chi connectivity index (χ0v) is 15.6. The van der Waals surface area contributed by atoms with Gasteiger partial charge in [-0.3, -0.25) is 9.59 Å². The molecule has 0 unspecified atom stereocenters. The maximum absolute atomic E-state index is 12.8. The highest BCUT2D eigenvalue weighted by Gasteiger charge is 2.14. The first-order chi connectivity index (χ1) is 13.2. The number of benzene rings is 2. The third-order valence-electron chi connectivity index (χ3n) is 3.70. The van der Waals surface area contributed by atoms with E-state index in [4.69, 9.17) is 0 Å². The number of amides is 2. The molecule has 0 bridgehead atoms. The first-order valence-electron chi connectivity index (χ1n) is 8.55. The first-order valence-corrected chi connectivity index (χ1v) is 9.36. The second-order valence-corrected chi connectivity index (χ2v) is 6.77. The molecule has 136 valence electrons. The van der Waals surface area contributed by atoms with Gasteiger partial charge in [0, 0.05) is 28.9 Å². The van der Waals surface area contributed by atoms with E-state index in [0.717, 1.165) is 4.90 Å².